The van der Waals surface area contributed by atoms with E-state index in [0.29, 0.717) is 30.2 Å². The van der Waals surface area contributed by atoms with E-state index in [1.807, 2.05) is 29.4 Å². The number of nitrogens with zero attached hydrogens (tertiary/aromatic N) is 5. The van der Waals surface area contributed by atoms with Gasteiger partial charge in [-0.1, -0.05) is 24.3 Å². The number of para-hydroxylation sites is 1. The Morgan fingerprint density at radius 3 is 2.41 bits per heavy atom. The highest BCUT2D eigenvalue weighted by atomic mass is 19.1. The second kappa shape index (κ2) is 8.34. The number of hydrogen-bond acceptors (Lipinski definition) is 3. The van der Waals surface area contributed by atoms with Crippen LogP contribution in [-0.4, -0.2) is 51.3 Å². The third-order valence-electron chi connectivity index (χ3n) is 5.84. The first-order valence-electron chi connectivity index (χ1n) is 10.7. The maximum atomic E-state index is 14.5. The second-order valence-electron chi connectivity index (χ2n) is 7.95. The molecule has 1 aliphatic heterocycles. The van der Waals surface area contributed by atoms with Crippen molar-refractivity contribution in [1.82, 2.24) is 19.2 Å². The zero-order valence-electron chi connectivity index (χ0n) is 17.9. The summed E-state index contributed by atoms with van der Waals surface area (Å²) in [5, 5.41) is 4.39. The van der Waals surface area contributed by atoms with Crippen molar-refractivity contribution >= 4 is 11.6 Å². The van der Waals surface area contributed by atoms with Crippen molar-refractivity contribution in [3.63, 3.8) is 0 Å². The van der Waals surface area contributed by atoms with E-state index in [-0.39, 0.29) is 5.91 Å². The number of halogens is 1. The summed E-state index contributed by atoms with van der Waals surface area (Å²) >= 11 is 0. The maximum absolute atomic E-state index is 14.5. The Labute approximate surface area is 186 Å². The Hall–Kier alpha value is -3.87. The van der Waals surface area contributed by atoms with Gasteiger partial charge >= 0.3 is 0 Å². The van der Waals surface area contributed by atoms with Crippen LogP contribution >= 0.6 is 0 Å². The standard InChI is InChI=1S/C25H24FN5O/c1-19-7-6-8-20(17-19)28-13-15-30(16-14-28)25(32)21-18-27-31(23-10-3-2-9-22(23)26)24(21)29-11-4-5-12-29/h2-12,17-18H,13-16H2,1H3. The first-order chi connectivity index (χ1) is 15.6. The fourth-order valence-corrected chi connectivity index (χ4v) is 4.18. The van der Waals surface area contributed by atoms with Gasteiger partial charge in [0.2, 0.25) is 0 Å². The van der Waals surface area contributed by atoms with Gasteiger partial charge in [-0.05, 0) is 48.9 Å². The molecule has 32 heavy (non-hydrogen) atoms. The number of carbonyl (C=O) groups excluding carboxylic acids is 1. The van der Waals surface area contributed by atoms with E-state index in [4.69, 9.17) is 0 Å². The Morgan fingerprint density at radius 1 is 0.938 bits per heavy atom. The number of aromatic nitrogens is 3. The Balaban J connectivity index is 1.43. The largest absolute Gasteiger partial charge is 0.368 e. The minimum Gasteiger partial charge on any atom is -0.368 e. The molecule has 2 aromatic heterocycles. The summed E-state index contributed by atoms with van der Waals surface area (Å²) in [5.74, 6) is 0.0427. The third kappa shape index (κ3) is 3.66. The molecule has 0 aliphatic carbocycles. The second-order valence-corrected chi connectivity index (χ2v) is 7.95. The zero-order valence-corrected chi connectivity index (χ0v) is 17.9. The Morgan fingerprint density at radius 2 is 1.69 bits per heavy atom. The number of hydrogen-bond donors (Lipinski definition) is 0. The molecule has 4 aromatic rings. The number of amides is 1. The summed E-state index contributed by atoms with van der Waals surface area (Å²) in [4.78, 5) is 17.6. The number of anilines is 1. The minimum atomic E-state index is -0.394. The first-order valence-corrected chi connectivity index (χ1v) is 10.7. The van der Waals surface area contributed by atoms with Crippen LogP contribution in [0.5, 0.6) is 0 Å². The van der Waals surface area contributed by atoms with Crippen LogP contribution in [0, 0.1) is 12.7 Å². The molecule has 6 nitrogen and oxygen atoms in total. The molecule has 0 unspecified atom stereocenters. The van der Waals surface area contributed by atoms with E-state index >= 15 is 0 Å². The highest BCUT2D eigenvalue weighted by Crippen LogP contribution is 2.24. The molecule has 5 rings (SSSR count). The van der Waals surface area contributed by atoms with Gasteiger partial charge in [0.05, 0.1) is 6.20 Å². The summed E-state index contributed by atoms with van der Waals surface area (Å²) in [6.07, 6.45) is 5.21. The molecule has 0 atom stereocenters. The highest BCUT2D eigenvalue weighted by Gasteiger charge is 2.28. The Kier molecular flexibility index (Phi) is 5.23. The van der Waals surface area contributed by atoms with Crippen LogP contribution in [0.1, 0.15) is 15.9 Å². The molecule has 7 heteroatoms. The van der Waals surface area contributed by atoms with Crippen LogP contribution < -0.4 is 4.90 Å². The van der Waals surface area contributed by atoms with Gasteiger partial charge in [0.25, 0.3) is 5.91 Å². The van der Waals surface area contributed by atoms with Crippen molar-refractivity contribution in [1.29, 1.82) is 0 Å². The van der Waals surface area contributed by atoms with E-state index in [1.54, 1.807) is 22.8 Å². The predicted octanol–water partition coefficient (Wildman–Crippen LogP) is 4.07. The molecule has 0 bridgehead atoms. The van der Waals surface area contributed by atoms with Gasteiger partial charge in [0.15, 0.2) is 5.82 Å². The van der Waals surface area contributed by atoms with Crippen molar-refractivity contribution in [2.45, 2.75) is 6.92 Å². The number of benzene rings is 2. The van der Waals surface area contributed by atoms with Gasteiger partial charge in [-0.25, -0.2) is 9.07 Å². The van der Waals surface area contributed by atoms with Gasteiger partial charge in [-0.15, -0.1) is 0 Å². The van der Waals surface area contributed by atoms with Crippen LogP contribution in [0.3, 0.4) is 0 Å². The quantitative estimate of drug-likeness (QED) is 0.491. The Bertz CT molecular complexity index is 1240. The van der Waals surface area contributed by atoms with E-state index in [1.165, 1.54) is 28.2 Å². The van der Waals surface area contributed by atoms with E-state index in [9.17, 15) is 9.18 Å². The van der Waals surface area contributed by atoms with Crippen LogP contribution in [0.25, 0.3) is 11.5 Å². The molecular weight excluding hydrogens is 405 g/mol. The summed E-state index contributed by atoms with van der Waals surface area (Å²) in [5.41, 5.74) is 3.16. The lowest BCUT2D eigenvalue weighted by atomic mass is 10.2. The van der Waals surface area contributed by atoms with Crippen molar-refractivity contribution in [2.24, 2.45) is 0 Å². The average molecular weight is 429 g/mol. The summed E-state index contributed by atoms with van der Waals surface area (Å²) in [6, 6.07) is 18.6. The van der Waals surface area contributed by atoms with Crippen molar-refractivity contribution in [3.8, 4) is 11.5 Å². The number of piperazine rings is 1. The normalized spacial score (nSPS) is 14.1. The fraction of sp³-hybridized carbons (Fsp3) is 0.200. The molecule has 1 aliphatic rings. The number of rotatable bonds is 4. The van der Waals surface area contributed by atoms with Crippen LogP contribution in [-0.2, 0) is 0 Å². The molecule has 1 amide bonds. The van der Waals surface area contributed by atoms with Gasteiger partial charge in [-0.2, -0.15) is 5.10 Å². The van der Waals surface area contributed by atoms with Crippen molar-refractivity contribution < 1.29 is 9.18 Å². The molecule has 162 valence electrons. The SMILES string of the molecule is Cc1cccc(N2CCN(C(=O)c3cnn(-c4ccccc4F)c3-n3cccc3)CC2)c1. The summed E-state index contributed by atoms with van der Waals surface area (Å²) < 4.78 is 17.8. The van der Waals surface area contributed by atoms with Crippen molar-refractivity contribution in [3.05, 3.63) is 96.2 Å². The molecule has 2 aromatic carbocycles. The molecule has 0 spiro atoms. The molecule has 0 saturated carbocycles. The summed E-state index contributed by atoms with van der Waals surface area (Å²) in [7, 11) is 0. The fourth-order valence-electron chi connectivity index (χ4n) is 4.18. The van der Waals surface area contributed by atoms with E-state index in [0.717, 1.165) is 13.1 Å². The lowest BCUT2D eigenvalue weighted by Gasteiger charge is -2.36. The van der Waals surface area contributed by atoms with Gasteiger partial charge < -0.3 is 14.4 Å². The third-order valence-corrected chi connectivity index (χ3v) is 5.84. The lowest BCUT2D eigenvalue weighted by molar-refractivity contribution is 0.0746. The number of carbonyl (C=O) groups is 1. The maximum Gasteiger partial charge on any atom is 0.259 e. The monoisotopic (exact) mass is 429 g/mol. The average Bonchev–Trinajstić information content (AvgIpc) is 3.49. The highest BCUT2D eigenvalue weighted by molar-refractivity contribution is 5.97. The number of aryl methyl sites for hydroxylation is 1. The van der Waals surface area contributed by atoms with Crippen LogP contribution in [0.2, 0.25) is 0 Å². The minimum absolute atomic E-state index is 0.0971. The molecule has 3 heterocycles. The zero-order chi connectivity index (χ0) is 22.1. The van der Waals surface area contributed by atoms with Gasteiger partial charge in [0, 0.05) is 44.3 Å². The molecule has 1 saturated heterocycles. The molecular formula is C25H24FN5O. The lowest BCUT2D eigenvalue weighted by Crippen LogP contribution is -2.49. The van der Waals surface area contributed by atoms with Gasteiger partial charge in [0.1, 0.15) is 17.1 Å². The van der Waals surface area contributed by atoms with Crippen LogP contribution in [0.15, 0.2) is 79.3 Å². The van der Waals surface area contributed by atoms with Crippen molar-refractivity contribution in [2.75, 3.05) is 31.1 Å². The molecule has 1 fully saturated rings. The smallest absolute Gasteiger partial charge is 0.259 e. The summed E-state index contributed by atoms with van der Waals surface area (Å²) in [6.45, 7) is 4.83. The molecule has 0 N–H and O–H groups in total. The molecule has 0 radical (unpaired) electrons. The van der Waals surface area contributed by atoms with Gasteiger partial charge in [-0.3, -0.25) is 4.79 Å². The topological polar surface area (TPSA) is 46.3 Å². The van der Waals surface area contributed by atoms with Crippen LogP contribution in [0.4, 0.5) is 10.1 Å². The van der Waals surface area contributed by atoms with E-state index < -0.39 is 5.82 Å². The first kappa shape index (κ1) is 20.1. The predicted molar refractivity (Wildman–Crippen MR) is 122 cm³/mol. The van der Waals surface area contributed by atoms with E-state index in [2.05, 4.69) is 41.2 Å².